The Bertz CT molecular complexity index is 768. The van der Waals surface area contributed by atoms with Gasteiger partial charge in [0.25, 0.3) is 12.3 Å². The van der Waals surface area contributed by atoms with Crippen LogP contribution in [0.25, 0.3) is 0 Å². The lowest BCUT2D eigenvalue weighted by Gasteiger charge is -2.15. The molecule has 0 bridgehead atoms. The van der Waals surface area contributed by atoms with Crippen LogP contribution in [0.5, 0.6) is 11.5 Å². The number of halogens is 3. The molecule has 0 saturated carbocycles. The van der Waals surface area contributed by atoms with Crippen molar-refractivity contribution < 1.29 is 23.0 Å². The van der Waals surface area contributed by atoms with E-state index in [2.05, 4.69) is 10.4 Å². The molecule has 0 saturated heterocycles. The number of nitrogens with zero attached hydrogens (tertiary/aromatic N) is 2. The van der Waals surface area contributed by atoms with Gasteiger partial charge in [-0.3, -0.25) is 9.48 Å². The summed E-state index contributed by atoms with van der Waals surface area (Å²) in [5.74, 6) is 0.308. The molecule has 2 rings (SSSR count). The van der Waals surface area contributed by atoms with Crippen LogP contribution < -0.4 is 14.8 Å². The fraction of sp³-hybridized carbons (Fsp3) is 0.444. The van der Waals surface area contributed by atoms with Crippen molar-refractivity contribution in [1.82, 2.24) is 9.78 Å². The molecular weight excluding hydrogens is 380 g/mol. The third-order valence-corrected chi connectivity index (χ3v) is 3.81. The van der Waals surface area contributed by atoms with Gasteiger partial charge in [0.1, 0.15) is 6.54 Å². The molecule has 0 spiro atoms. The normalized spacial score (nSPS) is 10.9. The van der Waals surface area contributed by atoms with Gasteiger partial charge in [-0.2, -0.15) is 5.10 Å². The number of benzene rings is 1. The Balaban J connectivity index is 2.16. The topological polar surface area (TPSA) is 65.4 Å². The zero-order valence-corrected chi connectivity index (χ0v) is 15.9. The van der Waals surface area contributed by atoms with Gasteiger partial charge in [-0.25, -0.2) is 8.78 Å². The number of carbonyl (C=O) groups excluding carboxylic acids is 1. The standard InChI is InChI=1S/C18H22ClF2N3O3/c1-3-5-6-27-17-14(19)7-12(8-15(17)26-4-2)18(25)23-13-9-22-24(10-13)11-16(20)21/h7-10,16H,3-6,11H2,1-2H3,(H,23,25). The van der Waals surface area contributed by atoms with Crippen LogP contribution in [0.2, 0.25) is 5.02 Å². The van der Waals surface area contributed by atoms with E-state index in [9.17, 15) is 13.6 Å². The number of alkyl halides is 2. The molecule has 1 heterocycles. The van der Waals surface area contributed by atoms with Crippen LogP contribution in [-0.4, -0.2) is 35.3 Å². The maximum atomic E-state index is 12.5. The zero-order valence-electron chi connectivity index (χ0n) is 15.2. The van der Waals surface area contributed by atoms with Crippen molar-refractivity contribution in [1.29, 1.82) is 0 Å². The maximum Gasteiger partial charge on any atom is 0.257 e. The van der Waals surface area contributed by atoms with Crippen LogP contribution in [0.1, 0.15) is 37.0 Å². The van der Waals surface area contributed by atoms with E-state index in [1.165, 1.54) is 24.5 Å². The summed E-state index contributed by atoms with van der Waals surface area (Å²) in [7, 11) is 0. The minimum Gasteiger partial charge on any atom is -0.490 e. The highest BCUT2D eigenvalue weighted by molar-refractivity contribution is 6.32. The van der Waals surface area contributed by atoms with Crippen LogP contribution in [0, 0.1) is 0 Å². The van der Waals surface area contributed by atoms with E-state index >= 15 is 0 Å². The Kier molecular flexibility index (Phi) is 7.84. The highest BCUT2D eigenvalue weighted by atomic mass is 35.5. The lowest BCUT2D eigenvalue weighted by atomic mass is 10.2. The van der Waals surface area contributed by atoms with Gasteiger partial charge in [0, 0.05) is 11.8 Å². The van der Waals surface area contributed by atoms with E-state index in [0.29, 0.717) is 30.4 Å². The average Bonchev–Trinajstić information content (AvgIpc) is 3.03. The Hall–Kier alpha value is -2.35. The van der Waals surface area contributed by atoms with Crippen LogP contribution in [0.3, 0.4) is 0 Å². The molecule has 6 nitrogen and oxygen atoms in total. The van der Waals surface area contributed by atoms with Gasteiger partial charge in [0.2, 0.25) is 0 Å². The molecule has 0 unspecified atom stereocenters. The van der Waals surface area contributed by atoms with E-state index in [4.69, 9.17) is 21.1 Å². The Labute approximate surface area is 161 Å². The van der Waals surface area contributed by atoms with Crippen LogP contribution in [0.15, 0.2) is 24.5 Å². The van der Waals surface area contributed by atoms with Crippen molar-refractivity contribution in [2.24, 2.45) is 0 Å². The lowest BCUT2D eigenvalue weighted by Crippen LogP contribution is -2.12. The average molecular weight is 402 g/mol. The highest BCUT2D eigenvalue weighted by Crippen LogP contribution is 2.37. The van der Waals surface area contributed by atoms with Gasteiger partial charge in [0.15, 0.2) is 11.5 Å². The predicted molar refractivity (Wildman–Crippen MR) is 99.2 cm³/mol. The summed E-state index contributed by atoms with van der Waals surface area (Å²) in [4.78, 5) is 12.5. The number of aromatic nitrogens is 2. The first-order valence-corrected chi connectivity index (χ1v) is 9.03. The molecule has 2 aromatic rings. The Morgan fingerprint density at radius 2 is 2.11 bits per heavy atom. The summed E-state index contributed by atoms with van der Waals surface area (Å²) in [6, 6.07) is 3.01. The van der Waals surface area contributed by atoms with Crippen LogP contribution in [0.4, 0.5) is 14.5 Å². The predicted octanol–water partition coefficient (Wildman–Crippen LogP) is 4.63. The molecule has 0 atom stereocenters. The van der Waals surface area contributed by atoms with Crippen molar-refractivity contribution in [3.8, 4) is 11.5 Å². The smallest absolute Gasteiger partial charge is 0.257 e. The zero-order chi connectivity index (χ0) is 19.8. The quantitative estimate of drug-likeness (QED) is 0.589. The Morgan fingerprint density at radius 1 is 1.33 bits per heavy atom. The first kappa shape index (κ1) is 21.0. The van der Waals surface area contributed by atoms with Crippen molar-refractivity contribution in [3.05, 3.63) is 35.1 Å². The second-order valence-corrected chi connectivity index (χ2v) is 6.12. The van der Waals surface area contributed by atoms with E-state index in [1.807, 2.05) is 13.8 Å². The Morgan fingerprint density at radius 3 is 2.78 bits per heavy atom. The number of anilines is 1. The minimum atomic E-state index is -2.53. The fourth-order valence-corrected chi connectivity index (χ4v) is 2.56. The monoisotopic (exact) mass is 401 g/mol. The van der Waals surface area contributed by atoms with Gasteiger partial charge in [-0.15, -0.1) is 0 Å². The molecule has 9 heteroatoms. The minimum absolute atomic E-state index is 0.257. The molecule has 1 aromatic carbocycles. The molecule has 1 N–H and O–H groups in total. The van der Waals surface area contributed by atoms with Crippen LogP contribution >= 0.6 is 11.6 Å². The van der Waals surface area contributed by atoms with E-state index in [0.717, 1.165) is 17.5 Å². The highest BCUT2D eigenvalue weighted by Gasteiger charge is 2.17. The molecule has 27 heavy (non-hydrogen) atoms. The first-order valence-electron chi connectivity index (χ1n) is 8.65. The van der Waals surface area contributed by atoms with Crippen molar-refractivity contribution in [3.63, 3.8) is 0 Å². The summed E-state index contributed by atoms with van der Waals surface area (Å²) in [5.41, 5.74) is 0.561. The molecule has 0 radical (unpaired) electrons. The number of carbonyl (C=O) groups is 1. The molecule has 0 fully saturated rings. The van der Waals surface area contributed by atoms with E-state index in [1.54, 1.807) is 0 Å². The third kappa shape index (κ3) is 6.09. The largest absolute Gasteiger partial charge is 0.490 e. The second kappa shape index (κ2) is 10.1. The number of rotatable bonds is 10. The lowest BCUT2D eigenvalue weighted by molar-refractivity contribution is 0.102. The molecule has 0 aliphatic heterocycles. The summed E-state index contributed by atoms with van der Waals surface area (Å²) in [6.45, 7) is 4.19. The van der Waals surface area contributed by atoms with E-state index in [-0.39, 0.29) is 10.6 Å². The number of nitrogens with one attached hydrogen (secondary N) is 1. The number of amides is 1. The van der Waals surface area contributed by atoms with Gasteiger partial charge >= 0.3 is 0 Å². The van der Waals surface area contributed by atoms with E-state index < -0.39 is 18.9 Å². The number of hydrogen-bond acceptors (Lipinski definition) is 4. The van der Waals surface area contributed by atoms with Crippen LogP contribution in [-0.2, 0) is 6.54 Å². The second-order valence-electron chi connectivity index (χ2n) is 5.72. The van der Waals surface area contributed by atoms with Crippen molar-refractivity contribution in [2.45, 2.75) is 39.7 Å². The number of ether oxygens (including phenoxy) is 2. The summed E-state index contributed by atoms with van der Waals surface area (Å²) in [5, 5.41) is 6.63. The van der Waals surface area contributed by atoms with Gasteiger partial charge in [-0.05, 0) is 25.5 Å². The third-order valence-electron chi connectivity index (χ3n) is 3.53. The summed E-state index contributed by atoms with van der Waals surface area (Å²) < 4.78 is 37.0. The van der Waals surface area contributed by atoms with Gasteiger partial charge in [0.05, 0.1) is 30.1 Å². The van der Waals surface area contributed by atoms with Crippen molar-refractivity contribution >= 4 is 23.2 Å². The number of hydrogen-bond donors (Lipinski definition) is 1. The fourth-order valence-electron chi connectivity index (χ4n) is 2.29. The molecule has 0 aliphatic rings. The van der Waals surface area contributed by atoms with Crippen molar-refractivity contribution in [2.75, 3.05) is 18.5 Å². The molecule has 0 aliphatic carbocycles. The summed E-state index contributed by atoms with van der Waals surface area (Å²) >= 11 is 6.27. The molecule has 148 valence electrons. The molecular formula is C18H22ClF2N3O3. The van der Waals surface area contributed by atoms with Gasteiger partial charge < -0.3 is 14.8 Å². The first-order chi connectivity index (χ1) is 12.9. The summed E-state index contributed by atoms with van der Waals surface area (Å²) in [6.07, 6.45) is 1.94. The number of unbranched alkanes of at least 4 members (excludes halogenated alkanes) is 1. The molecule has 1 aromatic heterocycles. The molecule has 1 amide bonds. The maximum absolute atomic E-state index is 12.5. The van der Waals surface area contributed by atoms with Gasteiger partial charge in [-0.1, -0.05) is 24.9 Å². The SMILES string of the molecule is CCCCOc1c(Cl)cc(C(=O)Nc2cnn(CC(F)F)c2)cc1OCC.